The SMILES string of the molecule is CCCCCCCCCCCCCCCCCC(Cl)C=C(C)C(=O)OCCN(C)C. The van der Waals surface area contributed by atoms with Crippen LogP contribution in [0.25, 0.3) is 0 Å². The molecular formula is C26H50ClNO2. The van der Waals surface area contributed by atoms with Crippen LogP contribution in [0.15, 0.2) is 11.6 Å². The summed E-state index contributed by atoms with van der Waals surface area (Å²) >= 11 is 6.37. The fourth-order valence-electron chi connectivity index (χ4n) is 3.57. The van der Waals surface area contributed by atoms with Crippen molar-refractivity contribution < 1.29 is 9.53 Å². The van der Waals surface area contributed by atoms with E-state index in [9.17, 15) is 4.79 Å². The molecular weight excluding hydrogens is 394 g/mol. The molecule has 3 nitrogen and oxygen atoms in total. The Morgan fingerprint density at radius 1 is 0.833 bits per heavy atom. The molecule has 0 radical (unpaired) electrons. The molecule has 0 heterocycles. The Bertz CT molecular complexity index is 423. The number of unbranched alkanes of at least 4 members (excludes halogenated alkanes) is 14. The number of rotatable bonds is 21. The van der Waals surface area contributed by atoms with Crippen molar-refractivity contribution in [2.45, 2.75) is 122 Å². The average Bonchev–Trinajstić information content (AvgIpc) is 2.70. The summed E-state index contributed by atoms with van der Waals surface area (Å²) < 4.78 is 5.24. The predicted molar refractivity (Wildman–Crippen MR) is 132 cm³/mol. The molecule has 1 unspecified atom stereocenters. The van der Waals surface area contributed by atoms with Gasteiger partial charge in [0.1, 0.15) is 6.61 Å². The zero-order valence-electron chi connectivity index (χ0n) is 20.5. The summed E-state index contributed by atoms with van der Waals surface area (Å²) in [5, 5.41) is -0.0756. The number of allylic oxidation sites excluding steroid dienone is 1. The smallest absolute Gasteiger partial charge is 0.333 e. The highest BCUT2D eigenvalue weighted by molar-refractivity contribution is 6.22. The maximum atomic E-state index is 11.9. The molecule has 0 aromatic heterocycles. The number of alkyl halides is 1. The Balaban J connectivity index is 3.47. The molecule has 0 saturated carbocycles. The summed E-state index contributed by atoms with van der Waals surface area (Å²) in [6, 6.07) is 0. The molecule has 0 aliphatic rings. The molecule has 0 aliphatic carbocycles. The van der Waals surface area contributed by atoms with Crippen LogP contribution in [0.3, 0.4) is 0 Å². The molecule has 0 aromatic rings. The van der Waals surface area contributed by atoms with E-state index in [2.05, 4.69) is 6.92 Å². The number of halogens is 1. The molecule has 0 spiro atoms. The number of likely N-dealkylation sites (N-methyl/N-ethyl adjacent to an activating group) is 1. The van der Waals surface area contributed by atoms with Crippen LogP contribution in [-0.2, 0) is 9.53 Å². The van der Waals surface area contributed by atoms with Crippen molar-refractivity contribution in [2.75, 3.05) is 27.2 Å². The van der Waals surface area contributed by atoms with Gasteiger partial charge in [-0.05, 0) is 27.4 Å². The van der Waals surface area contributed by atoms with Gasteiger partial charge in [-0.2, -0.15) is 0 Å². The molecule has 0 amide bonds. The van der Waals surface area contributed by atoms with Crippen LogP contribution in [0.5, 0.6) is 0 Å². The van der Waals surface area contributed by atoms with Crippen molar-refractivity contribution >= 4 is 17.6 Å². The molecule has 178 valence electrons. The Labute approximate surface area is 193 Å². The van der Waals surface area contributed by atoms with Crippen molar-refractivity contribution in [3.8, 4) is 0 Å². The van der Waals surface area contributed by atoms with E-state index < -0.39 is 0 Å². The van der Waals surface area contributed by atoms with Crippen LogP contribution in [0.2, 0.25) is 0 Å². The maximum Gasteiger partial charge on any atom is 0.333 e. The van der Waals surface area contributed by atoms with Crippen LogP contribution in [-0.4, -0.2) is 43.5 Å². The van der Waals surface area contributed by atoms with Gasteiger partial charge in [-0.25, -0.2) is 4.79 Å². The van der Waals surface area contributed by atoms with Crippen molar-refractivity contribution in [2.24, 2.45) is 0 Å². The lowest BCUT2D eigenvalue weighted by molar-refractivity contribution is -0.139. The van der Waals surface area contributed by atoms with E-state index in [0.29, 0.717) is 12.2 Å². The normalized spacial score (nSPS) is 13.1. The molecule has 0 bridgehead atoms. The summed E-state index contributed by atoms with van der Waals surface area (Å²) in [6.45, 7) is 5.23. The first-order chi connectivity index (χ1) is 14.5. The fraction of sp³-hybridized carbons (Fsp3) is 0.885. The number of esters is 1. The molecule has 0 fully saturated rings. The molecule has 4 heteroatoms. The van der Waals surface area contributed by atoms with Crippen molar-refractivity contribution in [3.63, 3.8) is 0 Å². The van der Waals surface area contributed by atoms with E-state index in [1.165, 1.54) is 89.9 Å². The van der Waals surface area contributed by atoms with Gasteiger partial charge in [0, 0.05) is 12.1 Å². The Morgan fingerprint density at radius 3 is 1.70 bits per heavy atom. The minimum absolute atomic E-state index is 0.0756. The lowest BCUT2D eigenvalue weighted by atomic mass is 10.0. The van der Waals surface area contributed by atoms with Gasteiger partial charge in [0.15, 0.2) is 0 Å². The van der Waals surface area contributed by atoms with Gasteiger partial charge in [0.05, 0.1) is 5.38 Å². The van der Waals surface area contributed by atoms with Gasteiger partial charge in [0.25, 0.3) is 0 Å². The molecule has 1 atom stereocenters. The van der Waals surface area contributed by atoms with Crippen LogP contribution in [0.4, 0.5) is 0 Å². The van der Waals surface area contributed by atoms with E-state index in [1.807, 2.05) is 25.1 Å². The summed E-state index contributed by atoms with van der Waals surface area (Å²) in [4.78, 5) is 13.9. The summed E-state index contributed by atoms with van der Waals surface area (Å²) in [6.07, 6.45) is 23.3. The number of hydrogen-bond acceptors (Lipinski definition) is 3. The number of nitrogens with zero attached hydrogens (tertiary/aromatic N) is 1. The largest absolute Gasteiger partial charge is 0.461 e. The third kappa shape index (κ3) is 20.7. The fourth-order valence-corrected chi connectivity index (χ4v) is 3.91. The van der Waals surface area contributed by atoms with E-state index in [0.717, 1.165) is 19.4 Å². The first-order valence-electron chi connectivity index (χ1n) is 12.6. The van der Waals surface area contributed by atoms with Gasteiger partial charge in [-0.3, -0.25) is 0 Å². The second-order valence-electron chi connectivity index (χ2n) is 9.04. The lowest BCUT2D eigenvalue weighted by Crippen LogP contribution is -2.20. The second kappa shape index (κ2) is 21.7. The van der Waals surface area contributed by atoms with Crippen molar-refractivity contribution in [3.05, 3.63) is 11.6 Å². The topological polar surface area (TPSA) is 29.5 Å². The van der Waals surface area contributed by atoms with Crippen molar-refractivity contribution in [1.82, 2.24) is 4.90 Å². The summed E-state index contributed by atoms with van der Waals surface area (Å²) in [5.74, 6) is -0.251. The molecule has 0 aromatic carbocycles. The highest BCUT2D eigenvalue weighted by Crippen LogP contribution is 2.16. The summed E-state index contributed by atoms with van der Waals surface area (Å²) in [5.41, 5.74) is 0.620. The molecule has 30 heavy (non-hydrogen) atoms. The minimum Gasteiger partial charge on any atom is -0.461 e. The first-order valence-corrected chi connectivity index (χ1v) is 13.0. The Kier molecular flexibility index (Phi) is 21.3. The van der Waals surface area contributed by atoms with Gasteiger partial charge in [0.2, 0.25) is 0 Å². The maximum absolute atomic E-state index is 11.9. The van der Waals surface area contributed by atoms with E-state index >= 15 is 0 Å². The van der Waals surface area contributed by atoms with Crippen LogP contribution in [0.1, 0.15) is 117 Å². The highest BCUT2D eigenvalue weighted by atomic mass is 35.5. The number of ether oxygens (including phenoxy) is 1. The van der Waals surface area contributed by atoms with Gasteiger partial charge in [-0.1, -0.05) is 109 Å². The quantitative estimate of drug-likeness (QED) is 0.0780. The monoisotopic (exact) mass is 443 g/mol. The minimum atomic E-state index is -0.251. The zero-order chi connectivity index (χ0) is 22.5. The van der Waals surface area contributed by atoms with Gasteiger partial charge >= 0.3 is 5.97 Å². The number of carbonyl (C=O) groups is 1. The van der Waals surface area contributed by atoms with Gasteiger partial charge in [-0.15, -0.1) is 11.6 Å². The zero-order valence-corrected chi connectivity index (χ0v) is 21.3. The average molecular weight is 444 g/mol. The first kappa shape index (κ1) is 29.5. The van der Waals surface area contributed by atoms with Crippen LogP contribution >= 0.6 is 11.6 Å². The van der Waals surface area contributed by atoms with Gasteiger partial charge < -0.3 is 9.64 Å². The third-order valence-electron chi connectivity index (χ3n) is 5.61. The van der Waals surface area contributed by atoms with E-state index in [-0.39, 0.29) is 11.3 Å². The second-order valence-corrected chi connectivity index (χ2v) is 9.60. The van der Waals surface area contributed by atoms with E-state index in [4.69, 9.17) is 16.3 Å². The van der Waals surface area contributed by atoms with E-state index in [1.54, 1.807) is 6.92 Å². The predicted octanol–water partition coefficient (Wildman–Crippen LogP) is 7.91. The number of carbonyl (C=O) groups excluding carboxylic acids is 1. The Morgan fingerprint density at radius 2 is 1.27 bits per heavy atom. The molecule has 0 aliphatic heterocycles. The van der Waals surface area contributed by atoms with Crippen LogP contribution in [0, 0.1) is 0 Å². The molecule has 0 rings (SSSR count). The molecule has 0 saturated heterocycles. The highest BCUT2D eigenvalue weighted by Gasteiger charge is 2.09. The third-order valence-corrected chi connectivity index (χ3v) is 5.95. The van der Waals surface area contributed by atoms with Crippen molar-refractivity contribution in [1.29, 1.82) is 0 Å². The number of hydrogen-bond donors (Lipinski definition) is 0. The standard InChI is InChI=1S/C26H50ClNO2/c1-5-6-7-8-9-10-11-12-13-14-15-16-17-18-19-20-25(27)23-24(2)26(29)30-22-21-28(3)4/h23,25H,5-22H2,1-4H3. The summed E-state index contributed by atoms with van der Waals surface area (Å²) in [7, 11) is 3.92. The van der Waals surface area contributed by atoms with Crippen LogP contribution < -0.4 is 0 Å². The molecule has 0 N–H and O–H groups in total. The Hall–Kier alpha value is -0.540. The lowest BCUT2D eigenvalue weighted by Gasteiger charge is -2.11.